The van der Waals surface area contributed by atoms with E-state index in [-0.39, 0.29) is 11.3 Å². The number of quaternary nitrogens is 1. The molecule has 1 amide bonds. The van der Waals surface area contributed by atoms with Gasteiger partial charge in [-0.2, -0.15) is 0 Å². The number of rotatable bonds is 1. The van der Waals surface area contributed by atoms with E-state index in [0.717, 1.165) is 5.48 Å². The molecule has 3 nitrogen and oxygen atoms in total. The number of hydrogen-bond donors (Lipinski definition) is 2. The Morgan fingerprint density at radius 2 is 2.00 bits per heavy atom. The number of hydroxylamine groups is 1. The molecule has 0 aromatic rings. The monoisotopic (exact) mass is 150 g/mol. The van der Waals surface area contributed by atoms with Crippen LogP contribution in [0.2, 0.25) is 0 Å². The Morgan fingerprint density at radius 3 is 2.11 bits per heavy atom. The molecule has 0 unspecified atom stereocenters. The topological polar surface area (TPSA) is 42.9 Å². The second kappa shape index (κ2) is 3.20. The summed E-state index contributed by atoms with van der Waals surface area (Å²) in [5.41, 5.74) is 0.742. The molecule has 0 saturated carbocycles. The lowest BCUT2D eigenvalue weighted by Crippen LogP contribution is -2.88. The van der Waals surface area contributed by atoms with E-state index in [2.05, 4.69) is 17.2 Å². The summed E-state index contributed by atoms with van der Waals surface area (Å²) in [6, 6.07) is 0. The van der Waals surface area contributed by atoms with E-state index in [4.69, 9.17) is 0 Å². The molecular weight excluding hydrogens is 138 g/mol. The van der Waals surface area contributed by atoms with Crippen molar-refractivity contribution in [2.75, 3.05) is 0 Å². The molecule has 0 aliphatic heterocycles. The molecule has 0 rings (SSSR count). The molecule has 0 aromatic carbocycles. The smallest absolute Gasteiger partial charge is 0.227 e. The van der Waals surface area contributed by atoms with E-state index in [9.17, 15) is 4.79 Å². The summed E-state index contributed by atoms with van der Waals surface area (Å²) in [5, 5.41) is 0. The highest BCUT2D eigenvalue weighted by atomic mass is 32.1. The number of primary amides is 1. The van der Waals surface area contributed by atoms with Crippen LogP contribution < -0.4 is 5.48 Å². The molecule has 0 spiro atoms. The van der Waals surface area contributed by atoms with Gasteiger partial charge in [0.1, 0.15) is 0 Å². The van der Waals surface area contributed by atoms with Crippen molar-refractivity contribution in [3.05, 3.63) is 0 Å². The summed E-state index contributed by atoms with van der Waals surface area (Å²) in [4.78, 5) is 10.8. The minimum atomic E-state index is -0.358. The maximum atomic E-state index is 10.8. The van der Waals surface area contributed by atoms with Crippen LogP contribution in [0.4, 0.5) is 0 Å². The van der Waals surface area contributed by atoms with Crippen LogP contribution in [0.5, 0.6) is 0 Å². The summed E-state index contributed by atoms with van der Waals surface area (Å²) in [5.74, 6) is -0.0579. The first kappa shape index (κ1) is 8.94. The Morgan fingerprint density at radius 1 is 1.56 bits per heavy atom. The van der Waals surface area contributed by atoms with E-state index in [0.29, 0.717) is 0 Å². The van der Waals surface area contributed by atoms with Crippen LogP contribution in [0, 0.1) is 5.41 Å². The molecule has 0 heterocycles. The van der Waals surface area contributed by atoms with Crippen molar-refractivity contribution in [1.29, 1.82) is 0 Å². The molecule has 0 aliphatic carbocycles. The first-order valence-electron chi connectivity index (χ1n) is 2.66. The van der Waals surface area contributed by atoms with Gasteiger partial charge in [0.25, 0.3) is 0 Å². The highest BCUT2D eigenvalue weighted by molar-refractivity contribution is 7.74. The van der Waals surface area contributed by atoms with Gasteiger partial charge >= 0.3 is 5.91 Å². The summed E-state index contributed by atoms with van der Waals surface area (Å²) < 4.78 is 4.25. The van der Waals surface area contributed by atoms with E-state index in [1.165, 1.54) is 0 Å². The predicted octanol–water partition coefficient (Wildman–Crippen LogP) is -0.101. The van der Waals surface area contributed by atoms with Gasteiger partial charge in [0.05, 0.1) is 5.41 Å². The third-order valence-corrected chi connectivity index (χ3v) is 1.00. The highest BCUT2D eigenvalue weighted by Crippen LogP contribution is 2.09. The van der Waals surface area contributed by atoms with Crippen molar-refractivity contribution in [1.82, 2.24) is 0 Å². The number of hydrogen-bond acceptors (Lipinski definition) is 3. The fourth-order valence-electron chi connectivity index (χ4n) is 0.225. The van der Waals surface area contributed by atoms with Crippen LogP contribution in [0.1, 0.15) is 20.8 Å². The molecule has 0 aromatic heterocycles. The second-order valence-corrected chi connectivity index (χ2v) is 3.05. The lowest BCUT2D eigenvalue weighted by atomic mass is 9.96. The van der Waals surface area contributed by atoms with Crippen molar-refractivity contribution < 1.29 is 14.6 Å². The predicted molar refractivity (Wildman–Crippen MR) is 36.5 cm³/mol. The molecule has 0 radical (unpaired) electrons. The standard InChI is InChI=1S/C5H11NO2S/c1-5(2,3)4(7)6-8-9/h9H,1-3H3,(H,6,7)/p+1. The number of carbonyl (C=O) groups excluding carboxylic acids is 1. The van der Waals surface area contributed by atoms with Gasteiger partial charge in [-0.3, -0.25) is 0 Å². The summed E-state index contributed by atoms with van der Waals surface area (Å²) >= 11 is 3.42. The third-order valence-electron chi connectivity index (χ3n) is 0.899. The van der Waals surface area contributed by atoms with Crippen LogP contribution in [-0.4, -0.2) is 5.91 Å². The zero-order valence-electron chi connectivity index (χ0n) is 5.84. The Kier molecular flexibility index (Phi) is 3.17. The van der Waals surface area contributed by atoms with Gasteiger partial charge in [0.2, 0.25) is 0 Å². The van der Waals surface area contributed by atoms with E-state index >= 15 is 0 Å². The van der Waals surface area contributed by atoms with Crippen LogP contribution in [0.15, 0.2) is 0 Å². The fourth-order valence-corrected chi connectivity index (χ4v) is 0.320. The van der Waals surface area contributed by atoms with Crippen LogP contribution >= 0.6 is 12.9 Å². The highest BCUT2D eigenvalue weighted by Gasteiger charge is 2.25. The van der Waals surface area contributed by atoms with Crippen molar-refractivity contribution in [3.8, 4) is 0 Å². The fraction of sp³-hybridized carbons (Fsp3) is 0.800. The summed E-state index contributed by atoms with van der Waals surface area (Å²) in [7, 11) is 0. The van der Waals surface area contributed by atoms with Gasteiger partial charge in [-0.05, 0) is 20.8 Å². The maximum absolute atomic E-state index is 10.8. The lowest BCUT2D eigenvalue weighted by Gasteiger charge is -2.09. The Labute approximate surface area is 60.3 Å². The second-order valence-electron chi connectivity index (χ2n) is 2.84. The Hall–Kier alpha value is -0.0600. The van der Waals surface area contributed by atoms with E-state index in [1.807, 2.05) is 20.8 Å². The lowest BCUT2D eigenvalue weighted by molar-refractivity contribution is -0.783. The van der Waals surface area contributed by atoms with Crippen molar-refractivity contribution in [2.45, 2.75) is 20.8 Å². The number of nitrogens with two attached hydrogens (primary N) is 1. The normalized spacial score (nSPS) is 11.6. The molecule has 0 fully saturated rings. The number of thiol groups is 1. The molecule has 0 saturated heterocycles. The van der Waals surface area contributed by atoms with Crippen molar-refractivity contribution in [2.24, 2.45) is 5.41 Å². The van der Waals surface area contributed by atoms with Gasteiger partial charge in [-0.15, -0.1) is 9.76 Å². The zero-order chi connectivity index (χ0) is 7.49. The third kappa shape index (κ3) is 3.51. The van der Waals surface area contributed by atoms with Gasteiger partial charge in [0.15, 0.2) is 0 Å². The van der Waals surface area contributed by atoms with Crippen LogP contribution in [0.3, 0.4) is 0 Å². The summed E-state index contributed by atoms with van der Waals surface area (Å²) in [6.45, 7) is 5.45. The average molecular weight is 150 g/mol. The number of carbonyl (C=O) groups is 1. The van der Waals surface area contributed by atoms with E-state index in [1.54, 1.807) is 0 Å². The molecule has 4 heteroatoms. The first-order valence-corrected chi connectivity index (χ1v) is 3.03. The largest absolute Gasteiger partial charge is 0.348 e. The molecule has 9 heavy (non-hydrogen) atoms. The van der Waals surface area contributed by atoms with Crippen molar-refractivity contribution >= 4 is 18.8 Å². The average Bonchev–Trinajstić information content (AvgIpc) is 1.64. The van der Waals surface area contributed by atoms with Gasteiger partial charge in [-0.25, -0.2) is 4.79 Å². The van der Waals surface area contributed by atoms with Crippen LogP contribution in [-0.2, 0) is 9.08 Å². The number of amides is 1. The Balaban J connectivity index is 3.74. The molecule has 0 atom stereocenters. The SMILES string of the molecule is CC(C)(C)C(=O)[NH2+]OS. The molecule has 0 bridgehead atoms. The minimum Gasteiger partial charge on any atom is -0.227 e. The van der Waals surface area contributed by atoms with E-state index < -0.39 is 0 Å². The van der Waals surface area contributed by atoms with Gasteiger partial charge in [0, 0.05) is 12.9 Å². The van der Waals surface area contributed by atoms with Gasteiger partial charge < -0.3 is 0 Å². The summed E-state index contributed by atoms with van der Waals surface area (Å²) in [6.07, 6.45) is 0. The maximum Gasteiger partial charge on any atom is 0.348 e. The molecule has 54 valence electrons. The minimum absolute atomic E-state index is 0.0579. The van der Waals surface area contributed by atoms with Gasteiger partial charge in [-0.1, -0.05) is 0 Å². The molecule has 2 N–H and O–H groups in total. The molecular formula is C5H12NO2S+. The van der Waals surface area contributed by atoms with Crippen LogP contribution in [0.25, 0.3) is 0 Å². The first-order chi connectivity index (χ1) is 3.98. The quantitative estimate of drug-likeness (QED) is 0.311. The van der Waals surface area contributed by atoms with Crippen molar-refractivity contribution in [3.63, 3.8) is 0 Å². The molecule has 0 aliphatic rings. The zero-order valence-corrected chi connectivity index (χ0v) is 6.74. The Bertz CT molecular complexity index is 108.